The summed E-state index contributed by atoms with van der Waals surface area (Å²) in [4.78, 5) is 14.1. The van der Waals surface area contributed by atoms with Crippen LogP contribution in [0.15, 0.2) is 67.3 Å². The van der Waals surface area contributed by atoms with E-state index in [0.717, 1.165) is 5.56 Å². The zero-order chi connectivity index (χ0) is 16.5. The van der Waals surface area contributed by atoms with Crippen LogP contribution < -0.4 is 4.74 Å². The first-order valence-electron chi connectivity index (χ1n) is 7.50. The maximum absolute atomic E-state index is 12.8. The topological polar surface area (TPSA) is 29.5 Å². The fraction of sp³-hybridized carbons (Fsp3) is 0.211. The van der Waals surface area contributed by atoms with Crippen molar-refractivity contribution in [1.29, 1.82) is 0 Å². The van der Waals surface area contributed by atoms with Crippen LogP contribution in [0.5, 0.6) is 5.75 Å². The summed E-state index contributed by atoms with van der Waals surface area (Å²) >= 11 is 0. The molecular formula is C19H20FNO2. The van der Waals surface area contributed by atoms with Crippen LogP contribution in [0.2, 0.25) is 0 Å². The number of carbonyl (C=O) groups is 1. The number of amides is 1. The van der Waals surface area contributed by atoms with E-state index in [1.54, 1.807) is 23.1 Å². The van der Waals surface area contributed by atoms with E-state index in [1.165, 1.54) is 12.1 Å². The Bertz CT molecular complexity index is 626. The first kappa shape index (κ1) is 16.7. The van der Waals surface area contributed by atoms with Gasteiger partial charge in [-0.15, -0.1) is 6.58 Å². The highest BCUT2D eigenvalue weighted by Crippen LogP contribution is 2.12. The lowest BCUT2D eigenvalue weighted by molar-refractivity contribution is -0.131. The highest BCUT2D eigenvalue weighted by molar-refractivity contribution is 5.76. The van der Waals surface area contributed by atoms with Crippen LogP contribution in [-0.2, 0) is 11.3 Å². The van der Waals surface area contributed by atoms with Crippen LogP contribution in [0.3, 0.4) is 0 Å². The summed E-state index contributed by atoms with van der Waals surface area (Å²) in [5, 5.41) is 0. The van der Waals surface area contributed by atoms with Crippen molar-refractivity contribution in [3.05, 3.63) is 78.6 Å². The van der Waals surface area contributed by atoms with E-state index in [2.05, 4.69) is 6.58 Å². The quantitative estimate of drug-likeness (QED) is 0.694. The van der Waals surface area contributed by atoms with Crippen LogP contribution in [0.25, 0.3) is 0 Å². The van der Waals surface area contributed by atoms with Crippen molar-refractivity contribution in [3.8, 4) is 5.75 Å². The molecule has 0 saturated heterocycles. The molecule has 0 aliphatic rings. The van der Waals surface area contributed by atoms with Gasteiger partial charge in [-0.1, -0.05) is 36.4 Å². The highest BCUT2D eigenvalue weighted by Gasteiger charge is 2.12. The van der Waals surface area contributed by atoms with Gasteiger partial charge in [-0.2, -0.15) is 0 Å². The minimum atomic E-state index is -0.312. The number of hydrogen-bond acceptors (Lipinski definition) is 2. The van der Waals surface area contributed by atoms with Gasteiger partial charge in [0.05, 0.1) is 13.0 Å². The molecule has 0 bridgehead atoms. The molecule has 0 aliphatic heterocycles. The molecule has 0 spiro atoms. The average molecular weight is 313 g/mol. The summed E-state index contributed by atoms with van der Waals surface area (Å²) < 4.78 is 18.3. The number of ether oxygens (including phenoxy) is 1. The minimum absolute atomic E-state index is 0.00383. The van der Waals surface area contributed by atoms with Crippen LogP contribution in [0, 0.1) is 5.82 Å². The van der Waals surface area contributed by atoms with Crippen molar-refractivity contribution in [3.63, 3.8) is 0 Å². The van der Waals surface area contributed by atoms with E-state index in [4.69, 9.17) is 4.74 Å². The van der Waals surface area contributed by atoms with E-state index in [1.807, 2.05) is 30.3 Å². The summed E-state index contributed by atoms with van der Waals surface area (Å²) in [5.74, 6) is 0.238. The number of rotatable bonds is 8. The highest BCUT2D eigenvalue weighted by atomic mass is 19.1. The van der Waals surface area contributed by atoms with E-state index in [9.17, 15) is 9.18 Å². The van der Waals surface area contributed by atoms with Crippen molar-refractivity contribution < 1.29 is 13.9 Å². The lowest BCUT2D eigenvalue weighted by Gasteiger charge is -2.21. The zero-order valence-corrected chi connectivity index (χ0v) is 13.0. The van der Waals surface area contributed by atoms with Gasteiger partial charge in [-0.25, -0.2) is 4.39 Å². The van der Waals surface area contributed by atoms with Gasteiger partial charge in [0.25, 0.3) is 0 Å². The van der Waals surface area contributed by atoms with Gasteiger partial charge in [0.1, 0.15) is 11.6 Å². The van der Waals surface area contributed by atoms with Crippen LogP contribution in [0.4, 0.5) is 4.39 Å². The third-order valence-corrected chi connectivity index (χ3v) is 3.32. The molecule has 1 amide bonds. The third kappa shape index (κ3) is 5.58. The Balaban J connectivity index is 1.85. The van der Waals surface area contributed by atoms with E-state index in [-0.39, 0.29) is 24.8 Å². The Morgan fingerprint density at radius 1 is 1.13 bits per heavy atom. The second kappa shape index (κ2) is 8.73. The van der Waals surface area contributed by atoms with Crippen molar-refractivity contribution in [2.75, 3.05) is 13.2 Å². The molecule has 3 nitrogen and oxygen atoms in total. The van der Waals surface area contributed by atoms with Gasteiger partial charge >= 0.3 is 0 Å². The smallest absolute Gasteiger partial charge is 0.226 e. The maximum atomic E-state index is 12.8. The zero-order valence-electron chi connectivity index (χ0n) is 13.0. The molecule has 2 aromatic rings. The Kier molecular flexibility index (Phi) is 6.36. The molecule has 0 aromatic heterocycles. The molecule has 23 heavy (non-hydrogen) atoms. The molecular weight excluding hydrogens is 293 g/mol. The molecule has 120 valence electrons. The Morgan fingerprint density at radius 3 is 2.48 bits per heavy atom. The van der Waals surface area contributed by atoms with Gasteiger partial charge in [-0.3, -0.25) is 4.79 Å². The van der Waals surface area contributed by atoms with Crippen molar-refractivity contribution >= 4 is 5.91 Å². The first-order valence-corrected chi connectivity index (χ1v) is 7.50. The third-order valence-electron chi connectivity index (χ3n) is 3.32. The molecule has 0 aliphatic carbocycles. The van der Waals surface area contributed by atoms with Crippen LogP contribution in [0.1, 0.15) is 12.0 Å². The van der Waals surface area contributed by atoms with Crippen molar-refractivity contribution in [2.24, 2.45) is 0 Å². The number of benzene rings is 2. The molecule has 0 N–H and O–H groups in total. The Hall–Kier alpha value is -2.62. The molecule has 0 fully saturated rings. The predicted octanol–water partition coefficient (Wildman–Crippen LogP) is 3.81. The van der Waals surface area contributed by atoms with Gasteiger partial charge < -0.3 is 9.64 Å². The number of nitrogens with zero attached hydrogens (tertiary/aromatic N) is 1. The lowest BCUT2D eigenvalue weighted by atomic mass is 10.2. The van der Waals surface area contributed by atoms with Crippen molar-refractivity contribution in [2.45, 2.75) is 13.0 Å². The molecule has 2 aromatic carbocycles. The molecule has 0 atom stereocenters. The monoisotopic (exact) mass is 313 g/mol. The number of carbonyl (C=O) groups excluding carboxylic acids is 1. The predicted molar refractivity (Wildman–Crippen MR) is 88.6 cm³/mol. The van der Waals surface area contributed by atoms with Gasteiger partial charge in [0.15, 0.2) is 0 Å². The first-order chi connectivity index (χ1) is 11.2. The SMILES string of the molecule is C=CCN(Cc1ccccc1)C(=O)CCOc1ccc(F)cc1. The second-order valence-corrected chi connectivity index (χ2v) is 5.10. The number of hydrogen-bond donors (Lipinski definition) is 0. The van der Waals surface area contributed by atoms with Crippen LogP contribution in [-0.4, -0.2) is 24.0 Å². The van der Waals surface area contributed by atoms with E-state index >= 15 is 0 Å². The Labute approximate surface area is 136 Å². The molecule has 0 heterocycles. The normalized spacial score (nSPS) is 10.1. The standard InChI is InChI=1S/C19H20FNO2/c1-2-13-21(15-16-6-4-3-5-7-16)19(22)12-14-23-18-10-8-17(20)9-11-18/h2-11H,1,12-15H2. The fourth-order valence-corrected chi connectivity index (χ4v) is 2.16. The Morgan fingerprint density at radius 2 is 1.83 bits per heavy atom. The summed E-state index contributed by atoms with van der Waals surface area (Å²) in [6.45, 7) is 4.99. The van der Waals surface area contributed by atoms with E-state index in [0.29, 0.717) is 18.8 Å². The summed E-state index contributed by atoms with van der Waals surface area (Å²) in [6.07, 6.45) is 1.97. The number of halogens is 1. The fourth-order valence-electron chi connectivity index (χ4n) is 2.16. The maximum Gasteiger partial charge on any atom is 0.226 e. The van der Waals surface area contributed by atoms with Gasteiger partial charge in [0.2, 0.25) is 5.91 Å². The largest absolute Gasteiger partial charge is 0.493 e. The summed E-state index contributed by atoms with van der Waals surface area (Å²) in [6, 6.07) is 15.6. The van der Waals surface area contributed by atoms with Gasteiger partial charge in [0, 0.05) is 13.1 Å². The minimum Gasteiger partial charge on any atom is -0.493 e. The molecule has 0 radical (unpaired) electrons. The van der Waals surface area contributed by atoms with Gasteiger partial charge in [-0.05, 0) is 29.8 Å². The summed E-state index contributed by atoms with van der Waals surface area (Å²) in [7, 11) is 0. The molecule has 4 heteroatoms. The van der Waals surface area contributed by atoms with Crippen molar-refractivity contribution in [1.82, 2.24) is 4.90 Å². The lowest BCUT2D eigenvalue weighted by Crippen LogP contribution is -2.31. The summed E-state index contributed by atoms with van der Waals surface area (Å²) in [5.41, 5.74) is 1.07. The molecule has 2 rings (SSSR count). The van der Waals surface area contributed by atoms with Crippen LogP contribution >= 0.6 is 0 Å². The average Bonchev–Trinajstić information content (AvgIpc) is 2.57. The second-order valence-electron chi connectivity index (χ2n) is 5.10. The van der Waals surface area contributed by atoms with E-state index < -0.39 is 0 Å². The molecule has 0 saturated carbocycles. The molecule has 0 unspecified atom stereocenters.